The van der Waals surface area contributed by atoms with E-state index in [1.807, 2.05) is 19.1 Å². The first-order valence-corrected chi connectivity index (χ1v) is 5.15. The quantitative estimate of drug-likeness (QED) is 0.645. The van der Waals surface area contributed by atoms with E-state index in [-0.39, 0.29) is 0 Å². The minimum Gasteiger partial charge on any atom is -0.209 e. The molecule has 1 atom stereocenters. The van der Waals surface area contributed by atoms with E-state index >= 15 is 0 Å². The maximum Gasteiger partial charge on any atom is 0.253 e. The summed E-state index contributed by atoms with van der Waals surface area (Å²) in [5, 5.41) is 0. The van der Waals surface area contributed by atoms with Crippen molar-refractivity contribution in [1.29, 1.82) is 0 Å². The molecule has 1 radical (unpaired) electrons. The van der Waals surface area contributed by atoms with Crippen molar-refractivity contribution in [2.75, 3.05) is 6.26 Å². The van der Waals surface area contributed by atoms with Gasteiger partial charge in [0, 0.05) is 0 Å². The predicted octanol–water partition coefficient (Wildman–Crippen LogP) is 3.30. The van der Waals surface area contributed by atoms with E-state index < -0.39 is 11.2 Å². The highest BCUT2D eigenvalue weighted by atomic mass is 32.2. The minimum absolute atomic E-state index is 0.489. The van der Waals surface area contributed by atoms with Crippen molar-refractivity contribution in [2.24, 2.45) is 0 Å². The van der Waals surface area contributed by atoms with Crippen molar-refractivity contribution in [1.82, 2.24) is 0 Å². The molecule has 0 fully saturated rings. The van der Waals surface area contributed by atoms with E-state index in [4.69, 9.17) is 0 Å². The van der Waals surface area contributed by atoms with Crippen LogP contribution in [0, 0.1) is 5.92 Å². The molecule has 0 aromatic carbocycles. The second-order valence-electron chi connectivity index (χ2n) is 3.20. The van der Waals surface area contributed by atoms with Crippen LogP contribution < -0.4 is 0 Å². The molecule has 0 saturated carbocycles. The molecule has 0 aromatic rings. The fraction of sp³-hybridized carbons (Fsp3) is 0.667. The van der Waals surface area contributed by atoms with Crippen LogP contribution in [-0.4, -0.2) is 17.4 Å². The topological polar surface area (TPSA) is 0 Å². The summed E-state index contributed by atoms with van der Waals surface area (Å²) in [5.41, 5.74) is 0. The summed E-state index contributed by atoms with van der Waals surface area (Å²) in [6.07, 6.45) is 4.33. The summed E-state index contributed by atoms with van der Waals surface area (Å²) in [7, 11) is 0. The van der Waals surface area contributed by atoms with E-state index in [0.29, 0.717) is 12.8 Å². The van der Waals surface area contributed by atoms with Gasteiger partial charge in [0.1, 0.15) is 0 Å². The summed E-state index contributed by atoms with van der Waals surface area (Å²) in [6.45, 7) is 1.91. The lowest BCUT2D eigenvalue weighted by Crippen LogP contribution is -2.36. The van der Waals surface area contributed by atoms with Crippen LogP contribution >= 0.6 is 11.8 Å². The lowest BCUT2D eigenvalue weighted by Gasteiger charge is -2.34. The zero-order valence-corrected chi connectivity index (χ0v) is 8.13. The van der Waals surface area contributed by atoms with Crippen molar-refractivity contribution in [2.45, 2.75) is 30.9 Å². The molecule has 3 heteroatoms. The van der Waals surface area contributed by atoms with Gasteiger partial charge in [-0.2, -0.15) is 11.8 Å². The van der Waals surface area contributed by atoms with Crippen LogP contribution in [0.5, 0.6) is 0 Å². The lowest BCUT2D eigenvalue weighted by molar-refractivity contribution is 0.0954. The van der Waals surface area contributed by atoms with Gasteiger partial charge in [-0.3, -0.25) is 0 Å². The van der Waals surface area contributed by atoms with E-state index in [2.05, 4.69) is 0 Å². The molecule has 0 heterocycles. The lowest BCUT2D eigenvalue weighted by atomic mass is 9.87. The Hall–Kier alpha value is -0.0500. The van der Waals surface area contributed by atoms with Crippen LogP contribution in [0.2, 0.25) is 0 Å². The number of hydrogen-bond donors (Lipinski definition) is 0. The second kappa shape index (κ2) is 3.77. The van der Waals surface area contributed by atoms with Gasteiger partial charge in [0.25, 0.3) is 6.43 Å². The Morgan fingerprint density at radius 1 is 1.58 bits per heavy atom. The molecule has 0 amide bonds. The third-order valence-electron chi connectivity index (χ3n) is 2.25. The normalized spacial score (nSPS) is 31.4. The van der Waals surface area contributed by atoms with Gasteiger partial charge in [-0.1, -0.05) is 19.1 Å². The molecule has 0 N–H and O–H groups in total. The molecule has 1 aliphatic carbocycles. The molecule has 1 unspecified atom stereocenters. The van der Waals surface area contributed by atoms with Crippen molar-refractivity contribution in [3.8, 4) is 0 Å². The molecule has 12 heavy (non-hydrogen) atoms. The minimum atomic E-state index is -2.23. The molecule has 1 aliphatic rings. The van der Waals surface area contributed by atoms with Gasteiger partial charge in [-0.25, -0.2) is 8.78 Å². The predicted molar refractivity (Wildman–Crippen MR) is 49.5 cm³/mol. The Morgan fingerprint density at radius 3 is 2.58 bits per heavy atom. The molecular weight excluding hydrogens is 178 g/mol. The molecule has 0 spiro atoms. The fourth-order valence-electron chi connectivity index (χ4n) is 1.47. The molecule has 69 valence electrons. The second-order valence-corrected chi connectivity index (χ2v) is 4.42. The maximum absolute atomic E-state index is 12.7. The summed E-state index contributed by atoms with van der Waals surface area (Å²) < 4.78 is 24.5. The first-order chi connectivity index (χ1) is 5.60. The first kappa shape index (κ1) is 10.0. The van der Waals surface area contributed by atoms with Gasteiger partial charge < -0.3 is 0 Å². The molecule has 0 nitrogen and oxygen atoms in total. The maximum atomic E-state index is 12.7. The monoisotopic (exact) mass is 191 g/mol. The third kappa shape index (κ3) is 1.82. The van der Waals surface area contributed by atoms with Gasteiger partial charge in [0.15, 0.2) is 0 Å². The van der Waals surface area contributed by atoms with Crippen LogP contribution in [-0.2, 0) is 0 Å². The van der Waals surface area contributed by atoms with E-state index in [1.165, 1.54) is 11.8 Å². The molecule has 0 saturated heterocycles. The molecule has 0 bridgehead atoms. The van der Waals surface area contributed by atoms with Gasteiger partial charge in [-0.15, -0.1) is 0 Å². The standard InChI is InChI=1S/C9H13F2S/c1-7-4-3-5-9(6-7,12-2)8(10)11/h3-4,8H,5-6H2,1-2H3. The van der Waals surface area contributed by atoms with Crippen LogP contribution in [0.3, 0.4) is 0 Å². The first-order valence-electron chi connectivity index (χ1n) is 3.93. The highest BCUT2D eigenvalue weighted by Gasteiger charge is 2.40. The van der Waals surface area contributed by atoms with Crippen molar-refractivity contribution in [3.63, 3.8) is 0 Å². The largest absolute Gasteiger partial charge is 0.253 e. The number of hydrogen-bond acceptors (Lipinski definition) is 1. The van der Waals surface area contributed by atoms with Gasteiger partial charge in [-0.05, 0) is 25.0 Å². The Kier molecular flexibility index (Phi) is 3.16. The third-order valence-corrected chi connectivity index (χ3v) is 3.55. The zero-order chi connectivity index (χ0) is 9.19. The van der Waals surface area contributed by atoms with Crippen LogP contribution in [0.4, 0.5) is 8.78 Å². The number of allylic oxidation sites excluding steroid dienone is 2. The van der Waals surface area contributed by atoms with Gasteiger partial charge in [0.05, 0.1) is 4.75 Å². The smallest absolute Gasteiger partial charge is 0.209 e. The molecular formula is C9H13F2S. The zero-order valence-electron chi connectivity index (χ0n) is 7.31. The Morgan fingerprint density at radius 2 is 2.25 bits per heavy atom. The fourth-order valence-corrected chi connectivity index (χ4v) is 2.29. The highest BCUT2D eigenvalue weighted by Crippen LogP contribution is 2.43. The van der Waals surface area contributed by atoms with E-state index in [1.54, 1.807) is 6.26 Å². The average Bonchev–Trinajstić information content (AvgIpc) is 2.04. The Bertz CT molecular complexity index is 179. The van der Waals surface area contributed by atoms with Crippen molar-refractivity contribution >= 4 is 11.8 Å². The number of thioether (sulfide) groups is 1. The summed E-state index contributed by atoms with van der Waals surface area (Å²) in [5.74, 6) is 1.05. The summed E-state index contributed by atoms with van der Waals surface area (Å²) in [6, 6.07) is 0. The highest BCUT2D eigenvalue weighted by molar-refractivity contribution is 8.00. The Labute approximate surface area is 76.4 Å². The SMILES string of the molecule is CSC1(C(F)F)CC=C[C](C)C1. The van der Waals surface area contributed by atoms with Crippen LogP contribution in [0.1, 0.15) is 19.8 Å². The summed E-state index contributed by atoms with van der Waals surface area (Å²) >= 11 is 1.28. The van der Waals surface area contributed by atoms with Crippen LogP contribution in [0.25, 0.3) is 0 Å². The molecule has 0 aromatic heterocycles. The molecule has 1 rings (SSSR count). The number of rotatable bonds is 2. The van der Waals surface area contributed by atoms with Crippen molar-refractivity contribution in [3.05, 3.63) is 18.1 Å². The Balaban J connectivity index is 2.74. The number of alkyl halides is 2. The van der Waals surface area contributed by atoms with E-state index in [0.717, 1.165) is 5.92 Å². The van der Waals surface area contributed by atoms with Gasteiger partial charge >= 0.3 is 0 Å². The van der Waals surface area contributed by atoms with Crippen LogP contribution in [0.15, 0.2) is 12.2 Å². The molecule has 0 aliphatic heterocycles. The number of halogens is 2. The summed E-state index contributed by atoms with van der Waals surface area (Å²) in [4.78, 5) is 0. The van der Waals surface area contributed by atoms with Gasteiger partial charge in [0.2, 0.25) is 0 Å². The van der Waals surface area contributed by atoms with Crippen molar-refractivity contribution < 1.29 is 8.78 Å². The van der Waals surface area contributed by atoms with E-state index in [9.17, 15) is 8.78 Å². The average molecular weight is 191 g/mol.